The van der Waals surface area contributed by atoms with Gasteiger partial charge in [0.25, 0.3) is 0 Å². The highest BCUT2D eigenvalue weighted by Crippen LogP contribution is 2.14. The van der Waals surface area contributed by atoms with Crippen molar-refractivity contribution in [3.05, 3.63) is 41.2 Å². The van der Waals surface area contributed by atoms with E-state index < -0.39 is 0 Å². The van der Waals surface area contributed by atoms with Crippen molar-refractivity contribution in [2.45, 2.75) is 6.42 Å². The number of benzene rings is 1. The predicted octanol–water partition coefficient (Wildman–Crippen LogP) is 2.70. The maximum atomic E-state index is 5.88. The molecule has 1 aromatic carbocycles. The molecule has 0 aliphatic carbocycles. The van der Waals surface area contributed by atoms with E-state index in [1.54, 1.807) is 4.68 Å². The molecule has 78 valence electrons. The quantitative estimate of drug-likeness (QED) is 0.774. The Balaban J connectivity index is 2.29. The maximum absolute atomic E-state index is 5.88. The molecule has 1 heterocycles. The normalized spacial score (nSPS) is 10.5. The summed E-state index contributed by atoms with van der Waals surface area (Å²) in [6.07, 6.45) is 2.58. The van der Waals surface area contributed by atoms with Crippen molar-refractivity contribution in [2.75, 3.05) is 5.88 Å². The van der Waals surface area contributed by atoms with E-state index in [4.69, 9.17) is 23.2 Å². The summed E-state index contributed by atoms with van der Waals surface area (Å²) in [5, 5.41) is 8.68. The van der Waals surface area contributed by atoms with Gasteiger partial charge in [-0.3, -0.25) is 0 Å². The molecule has 0 N–H and O–H groups in total. The molecule has 0 aliphatic heterocycles. The van der Waals surface area contributed by atoms with E-state index in [-0.39, 0.29) is 0 Å². The van der Waals surface area contributed by atoms with Gasteiger partial charge in [0.1, 0.15) is 0 Å². The fraction of sp³-hybridized carbons (Fsp3) is 0.200. The maximum Gasteiger partial charge on any atom is 0.0843 e. The molecule has 0 radical (unpaired) electrons. The SMILES string of the molecule is ClCCc1cn(-c2cccc(Cl)c2)nn1. The lowest BCUT2D eigenvalue weighted by Gasteiger charge is -1.99. The Kier molecular flexibility index (Phi) is 3.23. The highest BCUT2D eigenvalue weighted by Gasteiger charge is 2.02. The first kappa shape index (κ1) is 10.5. The van der Waals surface area contributed by atoms with Crippen LogP contribution in [0.3, 0.4) is 0 Å². The van der Waals surface area contributed by atoms with Gasteiger partial charge in [-0.15, -0.1) is 16.7 Å². The summed E-state index contributed by atoms with van der Waals surface area (Å²) < 4.78 is 1.69. The average Bonchev–Trinajstić information content (AvgIpc) is 2.67. The van der Waals surface area contributed by atoms with Crippen LogP contribution in [-0.4, -0.2) is 20.9 Å². The molecular formula is C10H9Cl2N3. The van der Waals surface area contributed by atoms with Crippen LogP contribution in [0.5, 0.6) is 0 Å². The van der Waals surface area contributed by atoms with Gasteiger partial charge in [0.2, 0.25) is 0 Å². The molecule has 0 aliphatic rings. The Morgan fingerprint density at radius 1 is 1.33 bits per heavy atom. The van der Waals surface area contributed by atoms with E-state index in [1.165, 1.54) is 0 Å². The first-order valence-corrected chi connectivity index (χ1v) is 5.44. The van der Waals surface area contributed by atoms with Crippen LogP contribution in [-0.2, 0) is 6.42 Å². The lowest BCUT2D eigenvalue weighted by Crippen LogP contribution is -1.93. The zero-order chi connectivity index (χ0) is 10.7. The van der Waals surface area contributed by atoms with E-state index in [0.29, 0.717) is 10.9 Å². The van der Waals surface area contributed by atoms with Gasteiger partial charge in [0.05, 0.1) is 17.6 Å². The molecule has 2 aromatic rings. The van der Waals surface area contributed by atoms with Crippen molar-refractivity contribution >= 4 is 23.2 Å². The minimum Gasteiger partial charge on any atom is -0.220 e. The van der Waals surface area contributed by atoms with E-state index in [0.717, 1.165) is 17.8 Å². The fourth-order valence-corrected chi connectivity index (χ4v) is 1.63. The smallest absolute Gasteiger partial charge is 0.0843 e. The molecule has 0 bridgehead atoms. The third-order valence-electron chi connectivity index (χ3n) is 1.96. The molecule has 0 atom stereocenters. The minimum atomic E-state index is 0.550. The number of rotatable bonds is 3. The third kappa shape index (κ3) is 2.49. The molecule has 0 fully saturated rings. The van der Waals surface area contributed by atoms with Gasteiger partial charge in [-0.1, -0.05) is 22.9 Å². The number of aryl methyl sites for hydroxylation is 1. The van der Waals surface area contributed by atoms with E-state index in [1.807, 2.05) is 30.5 Å². The van der Waals surface area contributed by atoms with Crippen molar-refractivity contribution in [3.63, 3.8) is 0 Å². The van der Waals surface area contributed by atoms with Gasteiger partial charge in [-0.25, -0.2) is 4.68 Å². The molecule has 2 rings (SSSR count). The fourth-order valence-electron chi connectivity index (χ4n) is 1.25. The van der Waals surface area contributed by atoms with Crippen LogP contribution < -0.4 is 0 Å². The summed E-state index contributed by atoms with van der Waals surface area (Å²) in [6.45, 7) is 0. The van der Waals surface area contributed by atoms with Gasteiger partial charge in [-0.2, -0.15) is 0 Å². The Morgan fingerprint density at radius 3 is 2.93 bits per heavy atom. The number of aromatic nitrogens is 3. The van der Waals surface area contributed by atoms with Crippen LogP contribution in [0.25, 0.3) is 5.69 Å². The molecule has 0 saturated heterocycles. The van der Waals surface area contributed by atoms with Crippen molar-refractivity contribution < 1.29 is 0 Å². The van der Waals surface area contributed by atoms with Crippen LogP contribution in [0.1, 0.15) is 5.69 Å². The van der Waals surface area contributed by atoms with Crippen molar-refractivity contribution in [3.8, 4) is 5.69 Å². The minimum absolute atomic E-state index is 0.550. The van der Waals surface area contributed by atoms with Gasteiger partial charge < -0.3 is 0 Å². The molecule has 5 heteroatoms. The third-order valence-corrected chi connectivity index (χ3v) is 2.39. The molecule has 1 aromatic heterocycles. The van der Waals surface area contributed by atoms with Crippen LogP contribution >= 0.6 is 23.2 Å². The van der Waals surface area contributed by atoms with Crippen LogP contribution in [0, 0.1) is 0 Å². The largest absolute Gasteiger partial charge is 0.220 e. The second kappa shape index (κ2) is 4.64. The monoisotopic (exact) mass is 241 g/mol. The Morgan fingerprint density at radius 2 is 2.20 bits per heavy atom. The molecular weight excluding hydrogens is 233 g/mol. The summed E-state index contributed by atoms with van der Waals surface area (Å²) in [6, 6.07) is 7.45. The number of hydrogen-bond donors (Lipinski definition) is 0. The molecule has 0 saturated carbocycles. The molecule has 0 amide bonds. The second-order valence-electron chi connectivity index (χ2n) is 3.07. The summed E-state index contributed by atoms with van der Waals surface area (Å²) in [7, 11) is 0. The first-order valence-electron chi connectivity index (χ1n) is 4.53. The summed E-state index contributed by atoms with van der Waals surface area (Å²) >= 11 is 11.5. The Hall–Kier alpha value is -1.06. The van der Waals surface area contributed by atoms with Crippen molar-refractivity contribution in [1.82, 2.24) is 15.0 Å². The van der Waals surface area contributed by atoms with Crippen LogP contribution in [0.15, 0.2) is 30.5 Å². The number of alkyl halides is 1. The van der Waals surface area contributed by atoms with Crippen molar-refractivity contribution in [2.24, 2.45) is 0 Å². The van der Waals surface area contributed by atoms with E-state index >= 15 is 0 Å². The number of hydrogen-bond acceptors (Lipinski definition) is 2. The summed E-state index contributed by atoms with van der Waals surface area (Å²) in [5.41, 5.74) is 1.78. The lowest BCUT2D eigenvalue weighted by atomic mass is 10.3. The first-order chi connectivity index (χ1) is 7.29. The molecule has 0 unspecified atom stereocenters. The van der Waals surface area contributed by atoms with Gasteiger partial charge in [-0.05, 0) is 18.2 Å². The summed E-state index contributed by atoms with van der Waals surface area (Å²) in [5.74, 6) is 0.550. The van der Waals surface area contributed by atoms with Crippen molar-refractivity contribution in [1.29, 1.82) is 0 Å². The van der Waals surface area contributed by atoms with Crippen LogP contribution in [0.4, 0.5) is 0 Å². The van der Waals surface area contributed by atoms with E-state index in [9.17, 15) is 0 Å². The molecule has 3 nitrogen and oxygen atoms in total. The van der Waals surface area contributed by atoms with Gasteiger partial charge in [0.15, 0.2) is 0 Å². The zero-order valence-electron chi connectivity index (χ0n) is 7.90. The number of halogens is 2. The average molecular weight is 242 g/mol. The Labute approximate surface area is 97.6 Å². The highest BCUT2D eigenvalue weighted by molar-refractivity contribution is 6.30. The topological polar surface area (TPSA) is 30.7 Å². The lowest BCUT2D eigenvalue weighted by molar-refractivity contribution is 0.798. The number of nitrogens with zero attached hydrogens (tertiary/aromatic N) is 3. The molecule has 15 heavy (non-hydrogen) atoms. The van der Waals surface area contributed by atoms with Crippen LogP contribution in [0.2, 0.25) is 5.02 Å². The zero-order valence-corrected chi connectivity index (χ0v) is 9.41. The standard InChI is InChI=1S/C10H9Cl2N3/c11-5-4-9-7-15(14-13-9)10-3-1-2-8(12)6-10/h1-3,6-7H,4-5H2. The second-order valence-corrected chi connectivity index (χ2v) is 3.89. The van der Waals surface area contributed by atoms with Gasteiger partial charge >= 0.3 is 0 Å². The van der Waals surface area contributed by atoms with Gasteiger partial charge in [0, 0.05) is 17.3 Å². The predicted molar refractivity (Wildman–Crippen MR) is 60.8 cm³/mol. The van der Waals surface area contributed by atoms with E-state index in [2.05, 4.69) is 10.3 Å². The molecule has 0 spiro atoms. The highest BCUT2D eigenvalue weighted by atomic mass is 35.5. The summed E-state index contributed by atoms with van der Waals surface area (Å²) in [4.78, 5) is 0. The Bertz CT molecular complexity index is 453.